The summed E-state index contributed by atoms with van der Waals surface area (Å²) in [4.78, 5) is 10.3. The molecule has 0 aromatic heterocycles. The Morgan fingerprint density at radius 2 is 2.00 bits per heavy atom. The van der Waals surface area contributed by atoms with Gasteiger partial charge < -0.3 is 0 Å². The highest BCUT2D eigenvalue weighted by Crippen LogP contribution is 2.05. The molecule has 0 amide bonds. The van der Waals surface area contributed by atoms with E-state index in [0.29, 0.717) is 13.1 Å². The monoisotopic (exact) mass is 179 g/mol. The molecule has 1 rings (SSSR count). The van der Waals surface area contributed by atoms with Gasteiger partial charge in [-0.05, 0) is 0 Å². The first-order valence-corrected chi connectivity index (χ1v) is 4.25. The van der Waals surface area contributed by atoms with Gasteiger partial charge in [0.15, 0.2) is 12.8 Å². The number of aldehydes is 1. The molecule has 0 radical (unpaired) electrons. The van der Waals surface area contributed by atoms with Gasteiger partial charge in [-0.15, -0.1) is 0 Å². The third kappa shape index (κ3) is 3.36. The number of rotatable bonds is 4. The van der Waals surface area contributed by atoms with Gasteiger partial charge in [0.1, 0.15) is 6.54 Å². The molecule has 1 unspecified atom stereocenters. The Kier molecular flexibility index (Phi) is 3.17. The van der Waals surface area contributed by atoms with Crippen molar-refractivity contribution < 1.29 is 9.39 Å². The van der Waals surface area contributed by atoms with E-state index < -0.39 is 0 Å². The molecular formula is C10H15N2O+. The van der Waals surface area contributed by atoms with E-state index in [1.165, 1.54) is 0 Å². The molecule has 0 spiro atoms. The summed E-state index contributed by atoms with van der Waals surface area (Å²) in [5, 5.41) is 0. The Labute approximate surface area is 78.3 Å². The number of carbonyl (C=O) groups excluding carboxylic acids is 1. The van der Waals surface area contributed by atoms with Crippen LogP contribution in [0.4, 0.5) is 0 Å². The van der Waals surface area contributed by atoms with Gasteiger partial charge in [0.2, 0.25) is 0 Å². The van der Waals surface area contributed by atoms with Crippen molar-refractivity contribution >= 4 is 6.29 Å². The number of quaternary nitrogens is 1. The first-order chi connectivity index (χ1) is 6.14. The summed E-state index contributed by atoms with van der Waals surface area (Å²) in [6.07, 6.45) is 0.850. The van der Waals surface area contributed by atoms with Crippen LogP contribution in [0.25, 0.3) is 0 Å². The van der Waals surface area contributed by atoms with Gasteiger partial charge in [-0.2, -0.15) is 5.84 Å². The van der Waals surface area contributed by atoms with E-state index in [9.17, 15) is 4.79 Å². The minimum atomic E-state index is 0.216. The number of hydrogen-bond donors (Lipinski definition) is 1. The number of nitrogens with zero attached hydrogens (tertiary/aromatic N) is 1. The van der Waals surface area contributed by atoms with Crippen LogP contribution in [0.5, 0.6) is 0 Å². The second kappa shape index (κ2) is 4.16. The van der Waals surface area contributed by atoms with Crippen molar-refractivity contribution in [1.29, 1.82) is 0 Å². The maximum atomic E-state index is 10.3. The maximum absolute atomic E-state index is 10.3. The summed E-state index contributed by atoms with van der Waals surface area (Å²) >= 11 is 0. The minimum absolute atomic E-state index is 0.216. The van der Waals surface area contributed by atoms with Crippen molar-refractivity contribution in [3.63, 3.8) is 0 Å². The first kappa shape index (κ1) is 9.89. The molecule has 1 aromatic carbocycles. The second-order valence-corrected chi connectivity index (χ2v) is 3.47. The molecule has 70 valence electrons. The predicted molar refractivity (Wildman–Crippen MR) is 51.4 cm³/mol. The number of carbonyl (C=O) groups is 1. The Morgan fingerprint density at radius 3 is 2.54 bits per heavy atom. The average molecular weight is 179 g/mol. The number of hydrogen-bond acceptors (Lipinski definition) is 2. The zero-order valence-corrected chi connectivity index (χ0v) is 7.81. The number of likely N-dealkylation sites (N-methyl/N-ethyl adjacent to an activating group) is 1. The minimum Gasteiger partial charge on any atom is -0.297 e. The molecule has 1 atom stereocenters. The van der Waals surface area contributed by atoms with Crippen molar-refractivity contribution in [2.45, 2.75) is 6.54 Å². The summed E-state index contributed by atoms with van der Waals surface area (Å²) in [5.74, 6) is 5.87. The Balaban J connectivity index is 2.63. The molecule has 3 heteroatoms. The second-order valence-electron chi connectivity index (χ2n) is 3.47. The van der Waals surface area contributed by atoms with Crippen LogP contribution in [-0.2, 0) is 11.3 Å². The molecular weight excluding hydrogens is 164 g/mol. The normalized spacial score (nSPS) is 14.9. The third-order valence-corrected chi connectivity index (χ3v) is 1.88. The highest BCUT2D eigenvalue weighted by molar-refractivity contribution is 5.50. The van der Waals surface area contributed by atoms with Crippen LogP contribution in [0.15, 0.2) is 30.3 Å². The lowest BCUT2D eigenvalue weighted by atomic mass is 10.2. The van der Waals surface area contributed by atoms with Crippen molar-refractivity contribution in [3.8, 4) is 0 Å². The van der Waals surface area contributed by atoms with E-state index in [1.807, 2.05) is 37.4 Å². The summed E-state index contributed by atoms with van der Waals surface area (Å²) in [7, 11) is 1.83. The number of nitrogens with two attached hydrogens (primary N) is 1. The lowest BCUT2D eigenvalue weighted by Crippen LogP contribution is -2.50. The van der Waals surface area contributed by atoms with Crippen molar-refractivity contribution in [1.82, 2.24) is 0 Å². The van der Waals surface area contributed by atoms with Crippen LogP contribution in [0.2, 0.25) is 0 Å². The van der Waals surface area contributed by atoms with Gasteiger partial charge in [0.25, 0.3) is 0 Å². The summed E-state index contributed by atoms with van der Waals surface area (Å²) < 4.78 is 0.216. The van der Waals surface area contributed by atoms with E-state index in [4.69, 9.17) is 5.84 Å². The van der Waals surface area contributed by atoms with Crippen LogP contribution >= 0.6 is 0 Å². The van der Waals surface area contributed by atoms with Crippen LogP contribution in [-0.4, -0.2) is 24.5 Å². The topological polar surface area (TPSA) is 43.1 Å². The maximum Gasteiger partial charge on any atom is 0.176 e. The Morgan fingerprint density at radius 1 is 1.38 bits per heavy atom. The van der Waals surface area contributed by atoms with Gasteiger partial charge in [-0.3, -0.25) is 4.79 Å². The van der Waals surface area contributed by atoms with Gasteiger partial charge in [-0.1, -0.05) is 30.3 Å². The summed E-state index contributed by atoms with van der Waals surface area (Å²) in [5.41, 5.74) is 1.15. The lowest BCUT2D eigenvalue weighted by Gasteiger charge is -2.25. The van der Waals surface area contributed by atoms with E-state index in [-0.39, 0.29) is 4.59 Å². The molecule has 0 saturated carbocycles. The van der Waals surface area contributed by atoms with Crippen LogP contribution in [0.1, 0.15) is 5.56 Å². The highest BCUT2D eigenvalue weighted by Gasteiger charge is 2.15. The molecule has 0 aliphatic rings. The average Bonchev–Trinajstić information content (AvgIpc) is 2.04. The van der Waals surface area contributed by atoms with Crippen LogP contribution in [0.3, 0.4) is 0 Å². The molecule has 0 aliphatic heterocycles. The zero-order valence-electron chi connectivity index (χ0n) is 7.81. The largest absolute Gasteiger partial charge is 0.297 e. The Bertz CT molecular complexity index is 270. The number of benzene rings is 1. The fraction of sp³-hybridized carbons (Fsp3) is 0.300. The SMILES string of the molecule is C[N+](N)(CC=O)Cc1ccccc1. The van der Waals surface area contributed by atoms with Gasteiger partial charge in [-0.25, -0.2) is 4.59 Å². The summed E-state index contributed by atoms with van der Waals surface area (Å²) in [6, 6.07) is 9.92. The fourth-order valence-electron chi connectivity index (χ4n) is 1.24. The third-order valence-electron chi connectivity index (χ3n) is 1.88. The molecule has 2 N–H and O–H groups in total. The molecule has 0 aliphatic carbocycles. The van der Waals surface area contributed by atoms with Crippen molar-refractivity contribution in [2.24, 2.45) is 5.84 Å². The summed E-state index contributed by atoms with van der Waals surface area (Å²) in [6.45, 7) is 1.02. The zero-order chi connectivity index (χ0) is 9.73. The van der Waals surface area contributed by atoms with E-state index in [0.717, 1.165) is 11.8 Å². The van der Waals surface area contributed by atoms with Crippen molar-refractivity contribution in [3.05, 3.63) is 35.9 Å². The van der Waals surface area contributed by atoms with Crippen molar-refractivity contribution in [2.75, 3.05) is 13.6 Å². The smallest absolute Gasteiger partial charge is 0.176 e. The Hall–Kier alpha value is -1.19. The molecule has 0 bridgehead atoms. The van der Waals surface area contributed by atoms with E-state index >= 15 is 0 Å². The molecule has 0 saturated heterocycles. The molecule has 13 heavy (non-hydrogen) atoms. The quantitative estimate of drug-likeness (QED) is 0.320. The van der Waals surface area contributed by atoms with E-state index in [2.05, 4.69) is 0 Å². The molecule has 1 aromatic rings. The molecule has 3 nitrogen and oxygen atoms in total. The molecule has 0 fully saturated rings. The molecule has 0 heterocycles. The van der Waals surface area contributed by atoms with E-state index in [1.54, 1.807) is 0 Å². The highest BCUT2D eigenvalue weighted by atomic mass is 16.1. The standard InChI is InChI=1S/C10H15N2O/c1-12(11,7-8-13)9-10-5-3-2-4-6-10/h2-6,8H,7,9,11H2,1H3/q+1. The fourth-order valence-corrected chi connectivity index (χ4v) is 1.24. The van der Waals surface area contributed by atoms with Crippen LogP contribution < -0.4 is 5.84 Å². The van der Waals surface area contributed by atoms with Gasteiger partial charge >= 0.3 is 0 Å². The first-order valence-electron chi connectivity index (χ1n) is 4.25. The van der Waals surface area contributed by atoms with Crippen LogP contribution in [0, 0.1) is 0 Å². The lowest BCUT2D eigenvalue weighted by molar-refractivity contribution is -0.926. The van der Waals surface area contributed by atoms with Gasteiger partial charge in [0.05, 0.1) is 7.05 Å². The predicted octanol–water partition coefficient (Wildman–Crippen LogP) is 0.706. The van der Waals surface area contributed by atoms with Gasteiger partial charge in [0, 0.05) is 5.56 Å².